The highest BCUT2D eigenvalue weighted by atomic mass is 16.6. The van der Waals surface area contributed by atoms with Crippen molar-refractivity contribution in [3.05, 3.63) is 18.1 Å². The molecule has 1 aromatic heterocycles. The van der Waals surface area contributed by atoms with Crippen molar-refractivity contribution < 1.29 is 19.1 Å². The number of nitrogens with zero attached hydrogens (tertiary/aromatic N) is 4. The van der Waals surface area contributed by atoms with Crippen LogP contribution in [0.15, 0.2) is 12.3 Å². The lowest BCUT2D eigenvalue weighted by atomic mass is 9.95. The SMILES string of the molecule is Cc1nccc(OC2CCN(C(=O)C3CCCN(C(=O)OC(C)(C)C)C3)CC2)n1. The number of ether oxygens (including phenoxy) is 2. The lowest BCUT2D eigenvalue weighted by Crippen LogP contribution is -2.50. The molecule has 2 fully saturated rings. The van der Waals surface area contributed by atoms with E-state index in [1.807, 2.05) is 32.6 Å². The molecule has 2 aliphatic heterocycles. The summed E-state index contributed by atoms with van der Waals surface area (Å²) in [6.07, 6.45) is 4.60. The van der Waals surface area contributed by atoms with Gasteiger partial charge in [0.25, 0.3) is 0 Å². The lowest BCUT2D eigenvalue weighted by molar-refractivity contribution is -0.139. The first-order valence-corrected chi connectivity index (χ1v) is 10.4. The molecule has 2 amide bonds. The Balaban J connectivity index is 1.49. The van der Waals surface area contributed by atoms with Gasteiger partial charge in [0.05, 0.1) is 5.92 Å². The number of hydrogen-bond acceptors (Lipinski definition) is 6. The first-order chi connectivity index (χ1) is 13.7. The summed E-state index contributed by atoms with van der Waals surface area (Å²) in [6, 6.07) is 1.76. The highest BCUT2D eigenvalue weighted by Crippen LogP contribution is 2.24. The van der Waals surface area contributed by atoms with Crippen LogP contribution in [0.3, 0.4) is 0 Å². The van der Waals surface area contributed by atoms with E-state index in [9.17, 15) is 9.59 Å². The molecule has 2 saturated heterocycles. The van der Waals surface area contributed by atoms with E-state index in [1.165, 1.54) is 0 Å². The summed E-state index contributed by atoms with van der Waals surface area (Å²) in [5.74, 6) is 1.25. The summed E-state index contributed by atoms with van der Waals surface area (Å²) in [7, 11) is 0. The lowest BCUT2D eigenvalue weighted by Gasteiger charge is -2.38. The Hall–Kier alpha value is -2.38. The third kappa shape index (κ3) is 6.05. The molecule has 0 spiro atoms. The van der Waals surface area contributed by atoms with Crippen LogP contribution in [-0.2, 0) is 9.53 Å². The minimum Gasteiger partial charge on any atom is -0.474 e. The van der Waals surface area contributed by atoms with E-state index in [-0.39, 0.29) is 24.0 Å². The van der Waals surface area contributed by atoms with Crippen molar-refractivity contribution in [2.24, 2.45) is 5.92 Å². The standard InChI is InChI=1S/C21H32N4O4/c1-15-22-10-7-18(23-15)28-17-8-12-24(13-9-17)19(26)16-6-5-11-25(14-16)20(27)29-21(2,3)4/h7,10,16-17H,5-6,8-9,11-14H2,1-4H3. The number of amides is 2. The predicted octanol–water partition coefficient (Wildman–Crippen LogP) is 2.80. The molecular formula is C21H32N4O4. The molecule has 1 unspecified atom stereocenters. The van der Waals surface area contributed by atoms with Gasteiger partial charge in [-0.05, 0) is 40.5 Å². The fourth-order valence-electron chi connectivity index (χ4n) is 3.79. The normalized spacial score (nSPS) is 21.0. The molecule has 2 aliphatic rings. The van der Waals surface area contributed by atoms with E-state index >= 15 is 0 Å². The molecule has 3 rings (SSSR count). The second-order valence-electron chi connectivity index (χ2n) is 8.85. The molecule has 1 atom stereocenters. The summed E-state index contributed by atoms with van der Waals surface area (Å²) in [5, 5.41) is 0. The average Bonchev–Trinajstić information content (AvgIpc) is 2.67. The number of hydrogen-bond donors (Lipinski definition) is 0. The Bertz CT molecular complexity index is 726. The second kappa shape index (κ2) is 8.97. The van der Waals surface area contributed by atoms with Crippen LogP contribution in [0.2, 0.25) is 0 Å². The Labute approximate surface area is 172 Å². The number of aryl methyl sites for hydroxylation is 1. The third-order valence-corrected chi connectivity index (χ3v) is 5.21. The number of piperidine rings is 2. The number of carbonyl (C=O) groups is 2. The molecule has 8 heteroatoms. The van der Waals surface area contributed by atoms with Gasteiger partial charge in [-0.25, -0.2) is 9.78 Å². The van der Waals surface area contributed by atoms with E-state index in [0.717, 1.165) is 25.7 Å². The first kappa shape index (κ1) is 21.3. The van der Waals surface area contributed by atoms with Gasteiger partial charge in [0.1, 0.15) is 17.5 Å². The molecule has 29 heavy (non-hydrogen) atoms. The van der Waals surface area contributed by atoms with E-state index in [1.54, 1.807) is 17.2 Å². The van der Waals surface area contributed by atoms with Crippen LogP contribution in [0.4, 0.5) is 4.79 Å². The van der Waals surface area contributed by atoms with Gasteiger partial charge < -0.3 is 19.3 Å². The van der Waals surface area contributed by atoms with E-state index in [0.29, 0.717) is 37.9 Å². The Morgan fingerprint density at radius 2 is 1.83 bits per heavy atom. The van der Waals surface area contributed by atoms with Crippen molar-refractivity contribution in [1.82, 2.24) is 19.8 Å². The van der Waals surface area contributed by atoms with Crippen molar-refractivity contribution in [3.8, 4) is 5.88 Å². The molecule has 0 bridgehead atoms. The van der Waals surface area contributed by atoms with Gasteiger partial charge in [0.15, 0.2) is 0 Å². The largest absolute Gasteiger partial charge is 0.474 e. The first-order valence-electron chi connectivity index (χ1n) is 10.4. The van der Waals surface area contributed by atoms with Crippen LogP contribution < -0.4 is 4.74 Å². The summed E-state index contributed by atoms with van der Waals surface area (Å²) < 4.78 is 11.4. The fraction of sp³-hybridized carbons (Fsp3) is 0.714. The molecular weight excluding hydrogens is 372 g/mol. The van der Waals surface area contributed by atoms with Gasteiger partial charge in [-0.15, -0.1) is 0 Å². The zero-order chi connectivity index (χ0) is 21.0. The minimum absolute atomic E-state index is 0.0537. The van der Waals surface area contributed by atoms with Crippen LogP contribution in [0, 0.1) is 12.8 Å². The van der Waals surface area contributed by atoms with Crippen LogP contribution in [0.1, 0.15) is 52.3 Å². The van der Waals surface area contributed by atoms with Crippen LogP contribution in [0.5, 0.6) is 5.88 Å². The fourth-order valence-corrected chi connectivity index (χ4v) is 3.79. The molecule has 0 aromatic carbocycles. The van der Waals surface area contributed by atoms with Crippen molar-refractivity contribution in [3.63, 3.8) is 0 Å². The van der Waals surface area contributed by atoms with E-state index < -0.39 is 5.60 Å². The summed E-state index contributed by atoms with van der Waals surface area (Å²) >= 11 is 0. The molecule has 3 heterocycles. The average molecular weight is 405 g/mol. The van der Waals surface area contributed by atoms with Gasteiger partial charge in [0.2, 0.25) is 11.8 Å². The number of aromatic nitrogens is 2. The van der Waals surface area contributed by atoms with Crippen molar-refractivity contribution in [1.29, 1.82) is 0 Å². The van der Waals surface area contributed by atoms with Crippen molar-refractivity contribution in [2.45, 2.75) is 65.1 Å². The summed E-state index contributed by atoms with van der Waals surface area (Å²) in [4.78, 5) is 37.3. The zero-order valence-electron chi connectivity index (χ0n) is 17.9. The van der Waals surface area contributed by atoms with Gasteiger partial charge in [-0.3, -0.25) is 4.79 Å². The summed E-state index contributed by atoms with van der Waals surface area (Å²) in [5.41, 5.74) is -0.530. The number of likely N-dealkylation sites (tertiary alicyclic amines) is 2. The highest BCUT2D eigenvalue weighted by molar-refractivity contribution is 5.80. The maximum absolute atomic E-state index is 13.0. The van der Waals surface area contributed by atoms with Crippen LogP contribution >= 0.6 is 0 Å². The Morgan fingerprint density at radius 3 is 2.48 bits per heavy atom. The van der Waals surface area contributed by atoms with Crippen molar-refractivity contribution >= 4 is 12.0 Å². The maximum Gasteiger partial charge on any atom is 0.410 e. The number of rotatable bonds is 3. The third-order valence-electron chi connectivity index (χ3n) is 5.21. The molecule has 0 aliphatic carbocycles. The molecule has 8 nitrogen and oxygen atoms in total. The maximum atomic E-state index is 13.0. The predicted molar refractivity (Wildman–Crippen MR) is 108 cm³/mol. The molecule has 1 aromatic rings. The Morgan fingerprint density at radius 1 is 1.10 bits per heavy atom. The monoisotopic (exact) mass is 404 g/mol. The van der Waals surface area contributed by atoms with Gasteiger partial charge >= 0.3 is 6.09 Å². The second-order valence-corrected chi connectivity index (χ2v) is 8.85. The Kier molecular flexibility index (Phi) is 6.59. The van der Waals surface area contributed by atoms with E-state index in [2.05, 4.69) is 9.97 Å². The van der Waals surface area contributed by atoms with Crippen molar-refractivity contribution in [2.75, 3.05) is 26.2 Å². The molecule has 160 valence electrons. The molecule has 0 N–H and O–H groups in total. The van der Waals surface area contributed by atoms with E-state index in [4.69, 9.17) is 9.47 Å². The summed E-state index contributed by atoms with van der Waals surface area (Å²) in [6.45, 7) is 9.80. The molecule has 0 saturated carbocycles. The molecule has 0 radical (unpaired) electrons. The highest BCUT2D eigenvalue weighted by Gasteiger charge is 2.34. The topological polar surface area (TPSA) is 84.9 Å². The van der Waals surface area contributed by atoms with Crippen LogP contribution in [-0.4, -0.2) is 69.7 Å². The quantitative estimate of drug-likeness (QED) is 0.770. The smallest absolute Gasteiger partial charge is 0.410 e. The van der Waals surface area contributed by atoms with Crippen LogP contribution in [0.25, 0.3) is 0 Å². The van der Waals surface area contributed by atoms with Gasteiger partial charge in [0, 0.05) is 51.3 Å². The zero-order valence-corrected chi connectivity index (χ0v) is 17.9. The van der Waals surface area contributed by atoms with Gasteiger partial charge in [-0.2, -0.15) is 4.98 Å². The number of carbonyl (C=O) groups excluding carboxylic acids is 2. The van der Waals surface area contributed by atoms with Gasteiger partial charge in [-0.1, -0.05) is 0 Å². The minimum atomic E-state index is -0.530.